The molecule has 1 amide bonds. The molecule has 1 aliphatic heterocycles. The van der Waals surface area contributed by atoms with E-state index in [2.05, 4.69) is 15.2 Å². The number of amides is 1. The van der Waals surface area contributed by atoms with E-state index >= 15 is 0 Å². The summed E-state index contributed by atoms with van der Waals surface area (Å²) >= 11 is 13.0. The third-order valence-electron chi connectivity index (χ3n) is 8.81. The minimum atomic E-state index is -3.06. The maximum absolute atomic E-state index is 13.9. The number of carbonyl (C=O) groups is 2. The lowest BCUT2D eigenvalue weighted by Gasteiger charge is -2.26. The van der Waals surface area contributed by atoms with Crippen LogP contribution in [0.3, 0.4) is 0 Å². The number of benzene rings is 2. The van der Waals surface area contributed by atoms with E-state index in [1.807, 2.05) is 0 Å². The first-order chi connectivity index (χ1) is 24.2. The summed E-state index contributed by atoms with van der Waals surface area (Å²) in [4.78, 5) is 32.4. The zero-order chi connectivity index (χ0) is 35.0. The van der Waals surface area contributed by atoms with Gasteiger partial charge in [0.2, 0.25) is 0 Å². The zero-order valence-electron chi connectivity index (χ0n) is 27.9. The summed E-state index contributed by atoms with van der Waals surface area (Å²) in [7, 11) is 0. The molecule has 1 aromatic heterocycles. The number of hydrogen-bond donors (Lipinski definition) is 1. The van der Waals surface area contributed by atoms with Crippen LogP contribution in [0.4, 0.5) is 8.78 Å². The van der Waals surface area contributed by atoms with Crippen LogP contribution in [0.15, 0.2) is 48.8 Å². The zero-order valence-corrected chi connectivity index (χ0v) is 29.4. The highest BCUT2D eigenvalue weighted by Gasteiger charge is 2.28. The lowest BCUT2D eigenvalue weighted by atomic mass is 10.0. The van der Waals surface area contributed by atoms with Crippen molar-refractivity contribution in [2.45, 2.75) is 44.8 Å². The summed E-state index contributed by atoms with van der Waals surface area (Å²) in [6, 6.07) is 9.03. The second kappa shape index (κ2) is 18.1. The van der Waals surface area contributed by atoms with E-state index in [0.29, 0.717) is 78.3 Å². The average Bonchev–Trinajstić information content (AvgIpc) is 4.04. The Morgan fingerprint density at radius 2 is 1.57 bits per heavy atom. The molecule has 3 N–H and O–H groups in total. The van der Waals surface area contributed by atoms with Crippen molar-refractivity contribution in [1.29, 1.82) is 0 Å². The van der Waals surface area contributed by atoms with Gasteiger partial charge in [0.05, 0.1) is 37.6 Å². The van der Waals surface area contributed by atoms with Gasteiger partial charge < -0.3 is 34.5 Å². The van der Waals surface area contributed by atoms with Gasteiger partial charge >= 0.3 is 12.6 Å². The van der Waals surface area contributed by atoms with Gasteiger partial charge in [-0.3, -0.25) is 9.69 Å². The van der Waals surface area contributed by atoms with Gasteiger partial charge in [0.25, 0.3) is 5.91 Å². The molecule has 51 heavy (non-hydrogen) atoms. The Morgan fingerprint density at radius 3 is 2.22 bits per heavy atom. The second-order valence-electron chi connectivity index (χ2n) is 12.7. The van der Waals surface area contributed by atoms with Crippen LogP contribution in [0.5, 0.6) is 17.2 Å². The van der Waals surface area contributed by atoms with Gasteiger partial charge in [0, 0.05) is 38.2 Å². The number of hydrogen-bond acceptors (Lipinski definition) is 9. The Bertz CT molecular complexity index is 1630. The van der Waals surface area contributed by atoms with Gasteiger partial charge in [-0.05, 0) is 73.4 Å². The van der Waals surface area contributed by atoms with Crippen molar-refractivity contribution in [3.63, 3.8) is 0 Å². The number of aromatic nitrogens is 1. The van der Waals surface area contributed by atoms with Crippen molar-refractivity contribution in [2.75, 3.05) is 52.6 Å². The fourth-order valence-electron chi connectivity index (χ4n) is 5.50. The topological polar surface area (TPSA) is 140 Å². The minimum Gasteiger partial charge on any atom is -0.870 e. The van der Waals surface area contributed by atoms with E-state index in [-0.39, 0.29) is 40.4 Å². The van der Waals surface area contributed by atoms with Crippen LogP contribution in [-0.2, 0) is 15.9 Å². The number of ether oxygens (including phenoxy) is 5. The van der Waals surface area contributed by atoms with Crippen molar-refractivity contribution in [1.82, 2.24) is 10.2 Å². The molecule has 3 fully saturated rings. The van der Waals surface area contributed by atoms with Gasteiger partial charge in [0.1, 0.15) is 21.9 Å². The monoisotopic (exact) mass is 751 g/mol. The molecule has 2 aromatic carbocycles. The fraction of sp³-hybridized carbons (Fsp3) is 0.472. The van der Waals surface area contributed by atoms with Gasteiger partial charge in [-0.25, -0.2) is 9.78 Å². The Morgan fingerprint density at radius 1 is 0.922 bits per heavy atom. The number of pyridine rings is 1. The number of halogens is 4. The van der Waals surface area contributed by atoms with E-state index in [1.165, 1.54) is 24.3 Å². The standard InChI is InChI=1S/C36H39Cl2F2N3O7.H2O/c37-28-18-41-19-29(38)26(28)17-32(24-5-8-31(50-36(39)40)33(16-24)48-21-23-3-4-23)49-35(45)25-6-7-30(47-20-22-1-2-22)27(15-25)34(44)42-9-10-43-11-13-46-14-12-43;/h5-8,15-16,18-19,22-23,32,36H,1-4,9-14,17,20-21H2,(H,42,44);1H2/t32-;/m0./s1. The number of aromatic amines is 1. The highest BCUT2D eigenvalue weighted by atomic mass is 35.5. The molecule has 0 unspecified atom stereocenters. The number of morpholine rings is 1. The maximum atomic E-state index is 13.9. The Kier molecular flexibility index (Phi) is 13.7. The van der Waals surface area contributed by atoms with Crippen LogP contribution in [0, 0.1) is 11.8 Å². The molecule has 3 aliphatic rings. The number of nitrogens with zero attached hydrogens (tertiary/aromatic N) is 1. The Labute approximate surface area is 304 Å². The van der Waals surface area contributed by atoms with Crippen LogP contribution >= 0.6 is 23.2 Å². The summed E-state index contributed by atoms with van der Waals surface area (Å²) < 4.78 is 54.6. The summed E-state index contributed by atoms with van der Waals surface area (Å²) in [5.74, 6) is 0.0264. The summed E-state index contributed by atoms with van der Waals surface area (Å²) in [5.41, 5.74) is 1.28. The molecule has 1 saturated heterocycles. The number of H-pyrrole nitrogens is 1. The molecular weight excluding hydrogens is 711 g/mol. The first-order valence-corrected chi connectivity index (χ1v) is 17.6. The predicted octanol–water partition coefficient (Wildman–Crippen LogP) is 6.01. The smallest absolute Gasteiger partial charge is 0.387 e. The lowest BCUT2D eigenvalue weighted by Crippen LogP contribution is -2.41. The maximum Gasteiger partial charge on any atom is 0.387 e. The molecule has 15 heteroatoms. The molecule has 3 aromatic rings. The number of esters is 1. The summed E-state index contributed by atoms with van der Waals surface area (Å²) in [6.45, 7) is 1.72. The molecule has 1 atom stereocenters. The van der Waals surface area contributed by atoms with Crippen LogP contribution in [0.1, 0.15) is 63.6 Å². The summed E-state index contributed by atoms with van der Waals surface area (Å²) in [6.07, 6.45) is 6.29. The summed E-state index contributed by atoms with van der Waals surface area (Å²) in [5, 5.41) is 3.58. The van der Waals surface area contributed by atoms with Gasteiger partial charge in [-0.2, -0.15) is 8.78 Å². The molecule has 0 spiro atoms. The van der Waals surface area contributed by atoms with Gasteiger partial charge in [-0.15, -0.1) is 0 Å². The molecular formula is C36H41Cl2F2N3O8. The number of carbonyl (C=O) groups excluding carboxylic acids is 2. The van der Waals surface area contributed by atoms with E-state index in [9.17, 15) is 18.4 Å². The van der Waals surface area contributed by atoms with E-state index < -0.39 is 18.7 Å². The molecule has 6 rings (SSSR count). The predicted molar refractivity (Wildman–Crippen MR) is 182 cm³/mol. The van der Waals surface area contributed by atoms with Crippen LogP contribution in [0.2, 0.25) is 10.0 Å². The van der Waals surface area contributed by atoms with Crippen molar-refractivity contribution in [3.05, 3.63) is 81.1 Å². The highest BCUT2D eigenvalue weighted by Crippen LogP contribution is 2.38. The third kappa shape index (κ3) is 11.1. The Hall–Kier alpha value is -3.75. The Balaban J connectivity index is 0.00000504. The first kappa shape index (κ1) is 38.5. The molecule has 276 valence electrons. The lowest BCUT2D eigenvalue weighted by molar-refractivity contribution is -0.377. The minimum absolute atomic E-state index is 0. The fourth-order valence-corrected chi connectivity index (χ4v) is 6.04. The number of rotatable bonds is 17. The van der Waals surface area contributed by atoms with Crippen molar-refractivity contribution in [3.8, 4) is 17.2 Å². The van der Waals surface area contributed by atoms with Crippen LogP contribution in [0.25, 0.3) is 0 Å². The number of nitrogens with one attached hydrogen (secondary N) is 2. The highest BCUT2D eigenvalue weighted by molar-refractivity contribution is 6.35. The quantitative estimate of drug-likeness (QED) is 0.164. The molecule has 0 radical (unpaired) electrons. The van der Waals surface area contributed by atoms with Gasteiger partial charge in [-0.1, -0.05) is 29.3 Å². The van der Waals surface area contributed by atoms with Crippen molar-refractivity contribution < 1.29 is 52.5 Å². The molecule has 2 aliphatic carbocycles. The average molecular weight is 753 g/mol. The van der Waals surface area contributed by atoms with Gasteiger partial charge in [0.15, 0.2) is 23.9 Å². The number of alkyl halides is 2. The SMILES string of the molecule is O=C(O[C@@H](Cc1c(Cl)c[nH+]cc1Cl)c1ccc(OC(F)F)c(OCC2CC2)c1)c1ccc(OCC2CC2)c(C(=O)NCCN2CCOCC2)c1.[OH-]. The van der Waals surface area contributed by atoms with Crippen molar-refractivity contribution in [2.24, 2.45) is 11.8 Å². The first-order valence-electron chi connectivity index (χ1n) is 16.8. The second-order valence-corrected chi connectivity index (χ2v) is 13.6. The molecule has 11 nitrogen and oxygen atoms in total. The molecule has 2 saturated carbocycles. The van der Waals surface area contributed by atoms with E-state index in [1.54, 1.807) is 24.5 Å². The molecule has 2 heterocycles. The van der Waals surface area contributed by atoms with E-state index in [0.717, 1.165) is 38.8 Å². The van der Waals surface area contributed by atoms with E-state index in [4.69, 9.17) is 46.9 Å². The normalized spacial score (nSPS) is 16.6. The van der Waals surface area contributed by atoms with Crippen molar-refractivity contribution >= 4 is 35.1 Å². The van der Waals surface area contributed by atoms with Crippen LogP contribution < -0.4 is 24.5 Å². The molecule has 0 bridgehead atoms. The van der Waals surface area contributed by atoms with Crippen LogP contribution in [-0.4, -0.2) is 81.5 Å². The largest absolute Gasteiger partial charge is 0.870 e. The third-order valence-corrected chi connectivity index (χ3v) is 9.49.